The number of hydrogen-bond donors (Lipinski definition) is 1. The van der Waals surface area contributed by atoms with Gasteiger partial charge in [0, 0.05) is 12.1 Å². The summed E-state index contributed by atoms with van der Waals surface area (Å²) in [7, 11) is 0. The minimum absolute atomic E-state index is 0.246. The third kappa shape index (κ3) is 1.84. The molecule has 1 aliphatic rings. The molecule has 18 heavy (non-hydrogen) atoms. The number of rotatable bonds is 2. The Balaban J connectivity index is 2.12. The first kappa shape index (κ1) is 10.8. The molecule has 0 atom stereocenters. The number of aromatic hydroxyl groups is 1. The topological polar surface area (TPSA) is 32.5 Å². The highest BCUT2D eigenvalue weighted by Gasteiger charge is 2.29. The lowest BCUT2D eigenvalue weighted by molar-refractivity contribution is -0.428. The molecule has 90 valence electrons. The van der Waals surface area contributed by atoms with Crippen molar-refractivity contribution in [1.82, 2.24) is 0 Å². The van der Waals surface area contributed by atoms with Crippen LogP contribution in [0.25, 0.3) is 0 Å². The van der Waals surface area contributed by atoms with Crippen LogP contribution < -0.4 is 0 Å². The number of phenols is 1. The first-order valence-electron chi connectivity index (χ1n) is 5.97. The van der Waals surface area contributed by atoms with Crippen molar-refractivity contribution >= 4 is 11.6 Å². The molecule has 1 heterocycles. The maximum atomic E-state index is 9.91. The van der Waals surface area contributed by atoms with Crippen LogP contribution in [0.4, 0.5) is 5.69 Å². The highest BCUT2D eigenvalue weighted by atomic mass is 16.5. The van der Waals surface area contributed by atoms with E-state index in [-0.39, 0.29) is 5.75 Å². The van der Waals surface area contributed by atoms with Crippen molar-refractivity contribution in [3.05, 3.63) is 60.2 Å². The van der Waals surface area contributed by atoms with Crippen molar-refractivity contribution in [2.75, 3.05) is 13.2 Å². The molecular weight excluding hydrogens is 226 g/mol. The minimum Gasteiger partial charge on any atom is -0.507 e. The zero-order valence-electron chi connectivity index (χ0n) is 9.91. The molecule has 0 radical (unpaired) electrons. The van der Waals surface area contributed by atoms with Gasteiger partial charge in [0.1, 0.15) is 11.3 Å². The number of nitrogens with zero attached hydrogens (tertiary/aromatic N) is 1. The van der Waals surface area contributed by atoms with Crippen LogP contribution in [0, 0.1) is 0 Å². The second-order valence-corrected chi connectivity index (χ2v) is 4.16. The Morgan fingerprint density at radius 2 is 1.67 bits per heavy atom. The van der Waals surface area contributed by atoms with E-state index in [1.54, 1.807) is 12.1 Å². The Kier molecular flexibility index (Phi) is 2.73. The van der Waals surface area contributed by atoms with Crippen LogP contribution in [0.1, 0.15) is 5.56 Å². The summed E-state index contributed by atoms with van der Waals surface area (Å²) in [6.07, 6.45) is 0. The van der Waals surface area contributed by atoms with Gasteiger partial charge in [-0.25, -0.2) is 0 Å². The average Bonchev–Trinajstić information content (AvgIpc) is 2.89. The van der Waals surface area contributed by atoms with Gasteiger partial charge in [0.05, 0.1) is 0 Å². The summed E-state index contributed by atoms with van der Waals surface area (Å²) < 4.78 is 7.75. The fourth-order valence-electron chi connectivity index (χ4n) is 2.14. The highest BCUT2D eigenvalue weighted by molar-refractivity contribution is 5.94. The van der Waals surface area contributed by atoms with Crippen LogP contribution in [0.3, 0.4) is 0 Å². The van der Waals surface area contributed by atoms with Crippen molar-refractivity contribution in [3.63, 3.8) is 0 Å². The molecule has 0 spiro atoms. The van der Waals surface area contributed by atoms with Gasteiger partial charge in [-0.1, -0.05) is 30.3 Å². The molecule has 0 aliphatic carbocycles. The standard InChI is InChI=1S/C15H13NO2/c17-14-9-5-4-8-13(14)15-16(10-11-18-15)12-6-2-1-3-7-12/h1-9H,10-11H2/p+1. The Hall–Kier alpha value is -2.29. The summed E-state index contributed by atoms with van der Waals surface area (Å²) in [4.78, 5) is 0. The Labute approximate surface area is 106 Å². The van der Waals surface area contributed by atoms with Gasteiger partial charge in [0.25, 0.3) is 0 Å². The van der Waals surface area contributed by atoms with Crippen molar-refractivity contribution in [3.8, 4) is 5.75 Å². The number of para-hydroxylation sites is 2. The van der Waals surface area contributed by atoms with E-state index in [4.69, 9.17) is 4.74 Å². The molecule has 0 bridgehead atoms. The average molecular weight is 240 g/mol. The molecule has 3 nitrogen and oxygen atoms in total. The second-order valence-electron chi connectivity index (χ2n) is 4.16. The molecule has 1 aliphatic heterocycles. The third-order valence-corrected chi connectivity index (χ3v) is 3.00. The SMILES string of the molecule is Oc1ccccc1C1=[N+](c2ccccc2)CCO1. The Morgan fingerprint density at radius 1 is 0.944 bits per heavy atom. The highest BCUT2D eigenvalue weighted by Crippen LogP contribution is 2.22. The van der Waals surface area contributed by atoms with E-state index in [1.807, 2.05) is 42.5 Å². The summed E-state index contributed by atoms with van der Waals surface area (Å²) in [6, 6.07) is 17.3. The molecule has 0 unspecified atom stereocenters. The fourth-order valence-corrected chi connectivity index (χ4v) is 2.14. The molecule has 0 fully saturated rings. The molecule has 2 aromatic carbocycles. The van der Waals surface area contributed by atoms with Gasteiger partial charge >= 0.3 is 5.90 Å². The van der Waals surface area contributed by atoms with Gasteiger partial charge in [-0.05, 0) is 12.1 Å². The van der Waals surface area contributed by atoms with E-state index < -0.39 is 0 Å². The zero-order chi connectivity index (χ0) is 12.4. The lowest BCUT2D eigenvalue weighted by atomic mass is 10.2. The van der Waals surface area contributed by atoms with Crippen LogP contribution in [-0.2, 0) is 4.74 Å². The second kappa shape index (κ2) is 4.53. The molecule has 2 aromatic rings. The third-order valence-electron chi connectivity index (χ3n) is 3.00. The molecule has 3 heteroatoms. The zero-order valence-corrected chi connectivity index (χ0v) is 9.91. The number of ether oxygens (including phenoxy) is 1. The molecular formula is C15H14NO2+. The van der Waals surface area contributed by atoms with Gasteiger partial charge in [0.2, 0.25) is 5.69 Å². The van der Waals surface area contributed by atoms with E-state index in [2.05, 4.69) is 4.58 Å². The van der Waals surface area contributed by atoms with Crippen LogP contribution in [0.5, 0.6) is 5.75 Å². The molecule has 3 rings (SSSR count). The van der Waals surface area contributed by atoms with Gasteiger partial charge in [-0.15, -0.1) is 0 Å². The summed E-state index contributed by atoms with van der Waals surface area (Å²) in [6.45, 7) is 1.44. The maximum absolute atomic E-state index is 9.91. The first-order chi connectivity index (χ1) is 8.86. The first-order valence-corrected chi connectivity index (χ1v) is 5.97. The summed E-state index contributed by atoms with van der Waals surface area (Å²) >= 11 is 0. The van der Waals surface area contributed by atoms with Gasteiger partial charge in [-0.3, -0.25) is 0 Å². The van der Waals surface area contributed by atoms with E-state index >= 15 is 0 Å². The number of phenolic OH excluding ortho intramolecular Hbond substituents is 1. The quantitative estimate of drug-likeness (QED) is 0.818. The predicted molar refractivity (Wildman–Crippen MR) is 69.4 cm³/mol. The van der Waals surface area contributed by atoms with Crippen LogP contribution in [0.2, 0.25) is 0 Å². The maximum Gasteiger partial charge on any atom is 0.379 e. The summed E-state index contributed by atoms with van der Waals surface area (Å²) in [5.41, 5.74) is 1.81. The minimum atomic E-state index is 0.246. The van der Waals surface area contributed by atoms with E-state index in [9.17, 15) is 5.11 Å². The van der Waals surface area contributed by atoms with E-state index in [0.717, 1.165) is 23.7 Å². The number of hydrogen-bond acceptors (Lipinski definition) is 2. The van der Waals surface area contributed by atoms with Crippen molar-refractivity contribution < 1.29 is 14.4 Å². The van der Waals surface area contributed by atoms with Gasteiger partial charge < -0.3 is 9.84 Å². The summed E-state index contributed by atoms with van der Waals surface area (Å²) in [5, 5.41) is 9.91. The number of benzene rings is 2. The molecule has 0 aromatic heterocycles. The largest absolute Gasteiger partial charge is 0.507 e. The van der Waals surface area contributed by atoms with Crippen molar-refractivity contribution in [2.45, 2.75) is 0 Å². The van der Waals surface area contributed by atoms with Crippen molar-refractivity contribution in [1.29, 1.82) is 0 Å². The molecule has 0 saturated heterocycles. The van der Waals surface area contributed by atoms with Gasteiger partial charge in [-0.2, -0.15) is 4.58 Å². The van der Waals surface area contributed by atoms with Crippen LogP contribution in [0.15, 0.2) is 54.6 Å². The summed E-state index contributed by atoms with van der Waals surface area (Å²) in [5.74, 6) is 0.967. The Morgan fingerprint density at radius 3 is 2.44 bits per heavy atom. The van der Waals surface area contributed by atoms with E-state index in [0.29, 0.717) is 6.61 Å². The smallest absolute Gasteiger partial charge is 0.379 e. The Bertz CT molecular complexity index is 590. The molecule has 0 amide bonds. The monoisotopic (exact) mass is 240 g/mol. The molecule has 0 saturated carbocycles. The van der Waals surface area contributed by atoms with Crippen LogP contribution in [-0.4, -0.2) is 28.7 Å². The lowest BCUT2D eigenvalue weighted by Crippen LogP contribution is -2.12. The fraction of sp³-hybridized carbons (Fsp3) is 0.133. The van der Waals surface area contributed by atoms with Crippen molar-refractivity contribution in [2.24, 2.45) is 0 Å². The van der Waals surface area contributed by atoms with Gasteiger partial charge in [0.15, 0.2) is 13.2 Å². The van der Waals surface area contributed by atoms with E-state index in [1.165, 1.54) is 0 Å². The molecule has 1 N–H and O–H groups in total. The normalized spacial score (nSPS) is 14.7. The predicted octanol–water partition coefficient (Wildman–Crippen LogP) is 2.51. The lowest BCUT2D eigenvalue weighted by Gasteiger charge is -2.02. The van der Waals surface area contributed by atoms with Crippen LogP contribution >= 0.6 is 0 Å².